The van der Waals surface area contributed by atoms with Crippen molar-refractivity contribution in [3.8, 4) is 5.75 Å². The molecule has 0 atom stereocenters. The molecule has 0 saturated heterocycles. The third-order valence-corrected chi connectivity index (χ3v) is 4.45. The Morgan fingerprint density at radius 1 is 0.963 bits per heavy atom. The number of ketones is 1. The molecule has 0 heterocycles. The van der Waals surface area contributed by atoms with E-state index in [0.717, 1.165) is 22.3 Å². The second kappa shape index (κ2) is 9.33. The fourth-order valence-electron chi connectivity index (χ4n) is 2.78. The Balaban J connectivity index is 2.09. The molecular weight excluding hydrogens is 344 g/mol. The fourth-order valence-corrected chi connectivity index (χ4v) is 2.78. The van der Waals surface area contributed by atoms with Gasteiger partial charge in [0, 0.05) is 17.7 Å². The largest absolute Gasteiger partial charge is 0.496 e. The lowest BCUT2D eigenvalue weighted by Crippen LogP contribution is -2.16. The summed E-state index contributed by atoms with van der Waals surface area (Å²) in [4.78, 5) is 24.8. The van der Waals surface area contributed by atoms with E-state index < -0.39 is 5.97 Å². The smallest absolute Gasteiger partial charge is 0.338 e. The third kappa shape index (κ3) is 5.17. The minimum Gasteiger partial charge on any atom is -0.496 e. The van der Waals surface area contributed by atoms with Crippen LogP contribution in [0.4, 0.5) is 0 Å². The number of ether oxygens (including phenoxy) is 3. The van der Waals surface area contributed by atoms with Gasteiger partial charge in [0.1, 0.15) is 5.75 Å². The van der Waals surface area contributed by atoms with Crippen LogP contribution in [0.25, 0.3) is 0 Å². The lowest BCUT2D eigenvalue weighted by atomic mass is 9.98. The van der Waals surface area contributed by atoms with E-state index >= 15 is 0 Å². The average molecular weight is 370 g/mol. The van der Waals surface area contributed by atoms with Gasteiger partial charge in [-0.2, -0.15) is 0 Å². The molecule has 27 heavy (non-hydrogen) atoms. The molecule has 0 aliphatic rings. The normalized spacial score (nSPS) is 10.6. The zero-order valence-electron chi connectivity index (χ0n) is 16.5. The van der Waals surface area contributed by atoms with Crippen molar-refractivity contribution in [3.63, 3.8) is 0 Å². The standard InChI is InChI=1S/C22H26O5/c1-6-26-12-18-11-17(7-8-21(18)25-5)22(24)27-13-20(23)19-10-15(3)14(2)9-16(19)4/h7-11H,6,12-13H2,1-5H3. The van der Waals surface area contributed by atoms with Gasteiger partial charge < -0.3 is 14.2 Å². The summed E-state index contributed by atoms with van der Waals surface area (Å²) in [7, 11) is 1.56. The van der Waals surface area contributed by atoms with E-state index in [0.29, 0.717) is 30.1 Å². The van der Waals surface area contributed by atoms with E-state index in [2.05, 4.69) is 0 Å². The van der Waals surface area contributed by atoms with E-state index in [-0.39, 0.29) is 12.4 Å². The van der Waals surface area contributed by atoms with Crippen LogP contribution in [-0.2, 0) is 16.1 Å². The number of carbonyl (C=O) groups is 2. The van der Waals surface area contributed by atoms with Crippen molar-refractivity contribution in [2.45, 2.75) is 34.3 Å². The number of rotatable bonds is 8. The van der Waals surface area contributed by atoms with Crippen molar-refractivity contribution >= 4 is 11.8 Å². The minimum atomic E-state index is -0.551. The van der Waals surface area contributed by atoms with Crippen molar-refractivity contribution in [1.82, 2.24) is 0 Å². The van der Waals surface area contributed by atoms with Gasteiger partial charge >= 0.3 is 5.97 Å². The maximum atomic E-state index is 12.5. The van der Waals surface area contributed by atoms with E-state index in [1.165, 1.54) is 0 Å². The summed E-state index contributed by atoms with van der Waals surface area (Å²) in [6.07, 6.45) is 0. The molecule has 0 saturated carbocycles. The highest BCUT2D eigenvalue weighted by atomic mass is 16.5. The summed E-state index contributed by atoms with van der Waals surface area (Å²) in [6, 6.07) is 8.79. The predicted molar refractivity (Wildman–Crippen MR) is 104 cm³/mol. The maximum absolute atomic E-state index is 12.5. The average Bonchev–Trinajstić information content (AvgIpc) is 2.66. The lowest BCUT2D eigenvalue weighted by molar-refractivity contribution is 0.0474. The number of Topliss-reactive ketones (excluding diaryl/α,β-unsaturated/α-hetero) is 1. The summed E-state index contributed by atoms with van der Waals surface area (Å²) < 4.78 is 15.9. The highest BCUT2D eigenvalue weighted by Gasteiger charge is 2.16. The van der Waals surface area contributed by atoms with Gasteiger partial charge in [-0.15, -0.1) is 0 Å². The molecule has 0 spiro atoms. The van der Waals surface area contributed by atoms with Crippen LogP contribution in [0.3, 0.4) is 0 Å². The number of hydrogen-bond acceptors (Lipinski definition) is 5. The molecule has 0 aromatic heterocycles. The number of carbonyl (C=O) groups excluding carboxylic acids is 2. The van der Waals surface area contributed by atoms with Crippen molar-refractivity contribution in [2.75, 3.05) is 20.3 Å². The van der Waals surface area contributed by atoms with Crippen LogP contribution in [0, 0.1) is 20.8 Å². The summed E-state index contributed by atoms with van der Waals surface area (Å²) in [5, 5.41) is 0. The van der Waals surface area contributed by atoms with Crippen molar-refractivity contribution in [2.24, 2.45) is 0 Å². The van der Waals surface area contributed by atoms with Gasteiger partial charge in [0.15, 0.2) is 6.61 Å². The summed E-state index contributed by atoms with van der Waals surface area (Å²) in [6.45, 7) is 8.32. The van der Waals surface area contributed by atoms with Crippen LogP contribution in [0.2, 0.25) is 0 Å². The van der Waals surface area contributed by atoms with Gasteiger partial charge in [-0.1, -0.05) is 6.07 Å². The summed E-state index contributed by atoms with van der Waals surface area (Å²) >= 11 is 0. The Hall–Kier alpha value is -2.66. The molecule has 5 heteroatoms. The Morgan fingerprint density at radius 2 is 1.67 bits per heavy atom. The molecule has 144 valence electrons. The van der Waals surface area contributed by atoms with Crippen LogP contribution in [-0.4, -0.2) is 32.1 Å². The molecule has 0 aliphatic carbocycles. The molecular formula is C22H26O5. The van der Waals surface area contributed by atoms with Crippen molar-refractivity contribution in [1.29, 1.82) is 0 Å². The van der Waals surface area contributed by atoms with Crippen LogP contribution in [0.15, 0.2) is 30.3 Å². The molecule has 5 nitrogen and oxygen atoms in total. The van der Waals surface area contributed by atoms with E-state index in [4.69, 9.17) is 14.2 Å². The molecule has 0 amide bonds. The van der Waals surface area contributed by atoms with E-state index in [1.807, 2.05) is 39.8 Å². The fraction of sp³-hybridized carbons (Fsp3) is 0.364. The van der Waals surface area contributed by atoms with E-state index in [1.54, 1.807) is 25.3 Å². The topological polar surface area (TPSA) is 61.8 Å². The van der Waals surface area contributed by atoms with E-state index in [9.17, 15) is 9.59 Å². The number of hydrogen-bond donors (Lipinski definition) is 0. The predicted octanol–water partition coefficient (Wildman–Crippen LogP) is 4.20. The quantitative estimate of drug-likeness (QED) is 0.515. The highest BCUT2D eigenvalue weighted by molar-refractivity contribution is 6.00. The summed E-state index contributed by atoms with van der Waals surface area (Å²) in [5.41, 5.74) is 4.73. The monoisotopic (exact) mass is 370 g/mol. The molecule has 0 bridgehead atoms. The lowest BCUT2D eigenvalue weighted by Gasteiger charge is -2.12. The third-order valence-electron chi connectivity index (χ3n) is 4.45. The Bertz CT molecular complexity index is 839. The molecule has 0 aliphatic heterocycles. The van der Waals surface area contributed by atoms with Gasteiger partial charge in [-0.25, -0.2) is 4.79 Å². The van der Waals surface area contributed by atoms with Gasteiger partial charge in [-0.05, 0) is 68.7 Å². The molecule has 2 aromatic rings. The Morgan fingerprint density at radius 3 is 2.33 bits per heavy atom. The molecule has 2 aromatic carbocycles. The van der Waals surface area contributed by atoms with Gasteiger partial charge in [0.25, 0.3) is 0 Å². The molecule has 0 N–H and O–H groups in total. The zero-order valence-corrected chi connectivity index (χ0v) is 16.5. The molecule has 2 rings (SSSR count). The zero-order chi connectivity index (χ0) is 20.0. The van der Waals surface area contributed by atoms with Crippen LogP contribution in [0.1, 0.15) is 49.9 Å². The minimum absolute atomic E-state index is 0.216. The molecule has 0 radical (unpaired) electrons. The first-order chi connectivity index (χ1) is 12.9. The van der Waals surface area contributed by atoms with Crippen molar-refractivity contribution in [3.05, 3.63) is 63.7 Å². The second-order valence-electron chi connectivity index (χ2n) is 6.41. The first-order valence-electron chi connectivity index (χ1n) is 8.90. The SMILES string of the molecule is CCOCc1cc(C(=O)OCC(=O)c2cc(C)c(C)cc2C)ccc1OC. The second-order valence-corrected chi connectivity index (χ2v) is 6.41. The Kier molecular flexibility index (Phi) is 7.13. The van der Waals surface area contributed by atoms with Crippen molar-refractivity contribution < 1.29 is 23.8 Å². The van der Waals surface area contributed by atoms with Crippen LogP contribution >= 0.6 is 0 Å². The van der Waals surface area contributed by atoms with Gasteiger partial charge in [0.05, 0.1) is 19.3 Å². The Labute approximate surface area is 160 Å². The van der Waals surface area contributed by atoms with Crippen LogP contribution in [0.5, 0.6) is 5.75 Å². The number of benzene rings is 2. The first kappa shape index (κ1) is 20.6. The molecule has 0 unspecified atom stereocenters. The van der Waals surface area contributed by atoms with Gasteiger partial charge in [0.2, 0.25) is 5.78 Å². The highest BCUT2D eigenvalue weighted by Crippen LogP contribution is 2.22. The molecule has 0 fully saturated rings. The van der Waals surface area contributed by atoms with Crippen LogP contribution < -0.4 is 4.74 Å². The number of methoxy groups -OCH3 is 1. The first-order valence-corrected chi connectivity index (χ1v) is 8.90. The number of esters is 1. The van der Waals surface area contributed by atoms with Gasteiger partial charge in [-0.3, -0.25) is 4.79 Å². The summed E-state index contributed by atoms with van der Waals surface area (Å²) in [5.74, 6) is -0.126. The number of aryl methyl sites for hydroxylation is 3. The maximum Gasteiger partial charge on any atom is 0.338 e.